The molecule has 1 aliphatic carbocycles. The molecule has 0 amide bonds. The summed E-state index contributed by atoms with van der Waals surface area (Å²) in [4.78, 5) is 7.03. The number of aryl methyl sites for hydroxylation is 1. The van der Waals surface area contributed by atoms with Gasteiger partial charge in [-0.3, -0.25) is 0 Å². The van der Waals surface area contributed by atoms with E-state index < -0.39 is 0 Å². The molecule has 2 rings (SSSR count). The Morgan fingerprint density at radius 1 is 1.22 bits per heavy atom. The number of hydrogen-bond acceptors (Lipinski definition) is 2. The summed E-state index contributed by atoms with van der Waals surface area (Å²) < 4.78 is 0. The van der Waals surface area contributed by atoms with Gasteiger partial charge in [0.2, 0.25) is 0 Å². The molecule has 4 nitrogen and oxygen atoms in total. The Morgan fingerprint density at radius 3 is 2.39 bits per heavy atom. The molecule has 0 heterocycles. The Morgan fingerprint density at radius 2 is 1.87 bits per heavy atom. The highest BCUT2D eigenvalue weighted by molar-refractivity contribution is 14.0. The molecule has 0 aliphatic heterocycles. The lowest BCUT2D eigenvalue weighted by Gasteiger charge is -2.25. The van der Waals surface area contributed by atoms with Gasteiger partial charge in [-0.2, -0.15) is 0 Å². The summed E-state index contributed by atoms with van der Waals surface area (Å²) >= 11 is 0. The minimum atomic E-state index is 0. The first-order valence-corrected chi connectivity index (χ1v) is 8.34. The van der Waals surface area contributed by atoms with Gasteiger partial charge in [-0.15, -0.1) is 24.0 Å². The van der Waals surface area contributed by atoms with Gasteiger partial charge < -0.3 is 15.5 Å². The lowest BCUT2D eigenvalue weighted by Crippen LogP contribution is -2.46. The van der Waals surface area contributed by atoms with Gasteiger partial charge in [-0.1, -0.05) is 29.8 Å². The highest BCUT2D eigenvalue weighted by atomic mass is 127. The Bertz CT molecular complexity index is 478. The van der Waals surface area contributed by atoms with Gasteiger partial charge in [0.15, 0.2) is 5.96 Å². The standard InChI is InChI=1S/C18H30N4.HI/c1-5-19-18(20-12-15-8-6-14(2)7-9-15)21-13-17(22(3)4)16-10-11-16;/h6-9,16-17H,5,10-13H2,1-4H3,(H2,19,20,21);1H. The zero-order chi connectivity index (χ0) is 15.9. The van der Waals surface area contributed by atoms with E-state index in [4.69, 9.17) is 4.99 Å². The third kappa shape index (κ3) is 7.08. The first kappa shape index (κ1) is 20.2. The van der Waals surface area contributed by atoms with Crippen LogP contribution in [0.15, 0.2) is 29.3 Å². The van der Waals surface area contributed by atoms with E-state index in [1.165, 1.54) is 24.0 Å². The maximum Gasteiger partial charge on any atom is 0.191 e. The fourth-order valence-electron chi connectivity index (χ4n) is 2.66. The first-order valence-electron chi connectivity index (χ1n) is 8.34. The van der Waals surface area contributed by atoms with Crippen LogP contribution in [0.1, 0.15) is 30.9 Å². The molecule has 1 aliphatic rings. The van der Waals surface area contributed by atoms with Gasteiger partial charge in [-0.05, 0) is 52.3 Å². The summed E-state index contributed by atoms with van der Waals surface area (Å²) in [5.74, 6) is 1.76. The van der Waals surface area contributed by atoms with Crippen LogP contribution in [0.4, 0.5) is 0 Å². The Labute approximate surface area is 158 Å². The maximum absolute atomic E-state index is 4.70. The van der Waals surface area contributed by atoms with Crippen molar-refractivity contribution in [2.45, 2.75) is 39.3 Å². The summed E-state index contributed by atoms with van der Waals surface area (Å²) in [6, 6.07) is 9.17. The van der Waals surface area contributed by atoms with Crippen LogP contribution in [0.5, 0.6) is 0 Å². The van der Waals surface area contributed by atoms with Crippen molar-refractivity contribution in [1.29, 1.82) is 0 Å². The zero-order valence-corrected chi connectivity index (χ0v) is 17.1. The molecule has 0 bridgehead atoms. The summed E-state index contributed by atoms with van der Waals surface area (Å²) in [6.45, 7) is 6.77. The molecule has 1 aromatic rings. The number of likely N-dealkylation sites (N-methyl/N-ethyl adjacent to an activating group) is 1. The van der Waals surface area contributed by atoms with Gasteiger partial charge in [-0.25, -0.2) is 4.99 Å². The lowest BCUT2D eigenvalue weighted by atomic mass is 10.1. The largest absolute Gasteiger partial charge is 0.357 e. The van der Waals surface area contributed by atoms with Gasteiger partial charge in [0.25, 0.3) is 0 Å². The van der Waals surface area contributed by atoms with Crippen molar-refractivity contribution in [1.82, 2.24) is 15.5 Å². The van der Waals surface area contributed by atoms with Crippen LogP contribution < -0.4 is 10.6 Å². The Hall–Kier alpha value is -0.820. The lowest BCUT2D eigenvalue weighted by molar-refractivity contribution is 0.264. The molecule has 1 saturated carbocycles. The van der Waals surface area contributed by atoms with Crippen LogP contribution in [-0.2, 0) is 6.54 Å². The minimum absolute atomic E-state index is 0. The summed E-state index contributed by atoms with van der Waals surface area (Å²) in [6.07, 6.45) is 2.73. The smallest absolute Gasteiger partial charge is 0.191 e. The summed E-state index contributed by atoms with van der Waals surface area (Å²) in [5.41, 5.74) is 2.53. The predicted molar refractivity (Wildman–Crippen MR) is 110 cm³/mol. The van der Waals surface area contributed by atoms with Gasteiger partial charge >= 0.3 is 0 Å². The Balaban J connectivity index is 0.00000264. The molecule has 1 atom stereocenters. The minimum Gasteiger partial charge on any atom is -0.357 e. The number of rotatable bonds is 7. The molecular formula is C18H31IN4. The molecule has 0 spiro atoms. The van der Waals surface area contributed by atoms with Crippen molar-refractivity contribution in [2.75, 3.05) is 27.2 Å². The third-order valence-electron chi connectivity index (χ3n) is 4.19. The van der Waals surface area contributed by atoms with Crippen molar-refractivity contribution in [3.63, 3.8) is 0 Å². The molecule has 1 unspecified atom stereocenters. The monoisotopic (exact) mass is 430 g/mol. The van der Waals surface area contributed by atoms with E-state index in [1.54, 1.807) is 0 Å². The van der Waals surface area contributed by atoms with Crippen LogP contribution in [-0.4, -0.2) is 44.1 Å². The van der Waals surface area contributed by atoms with E-state index in [-0.39, 0.29) is 24.0 Å². The predicted octanol–water partition coefficient (Wildman–Crippen LogP) is 3.01. The van der Waals surface area contributed by atoms with Crippen LogP contribution >= 0.6 is 24.0 Å². The highest BCUT2D eigenvalue weighted by Gasteiger charge is 2.32. The molecule has 5 heteroatoms. The molecule has 0 aromatic heterocycles. The van der Waals surface area contributed by atoms with Crippen molar-refractivity contribution in [2.24, 2.45) is 10.9 Å². The van der Waals surface area contributed by atoms with Crippen molar-refractivity contribution in [3.8, 4) is 0 Å². The first-order chi connectivity index (χ1) is 10.6. The van der Waals surface area contributed by atoms with E-state index in [0.717, 1.165) is 25.0 Å². The maximum atomic E-state index is 4.70. The van der Waals surface area contributed by atoms with Crippen LogP contribution in [0.3, 0.4) is 0 Å². The number of aliphatic imine (C=N–C) groups is 1. The zero-order valence-electron chi connectivity index (χ0n) is 14.8. The van der Waals surface area contributed by atoms with E-state index in [2.05, 4.69) is 67.7 Å². The number of guanidine groups is 1. The summed E-state index contributed by atoms with van der Waals surface area (Å²) in [5, 5.41) is 6.84. The SMILES string of the molecule is CCNC(=NCc1ccc(C)cc1)NCC(C1CC1)N(C)C.I. The van der Waals surface area contributed by atoms with Gasteiger partial charge in [0, 0.05) is 19.1 Å². The molecule has 1 aromatic carbocycles. The topological polar surface area (TPSA) is 39.7 Å². The molecule has 2 N–H and O–H groups in total. The third-order valence-corrected chi connectivity index (χ3v) is 4.19. The van der Waals surface area contributed by atoms with E-state index in [1.807, 2.05) is 0 Å². The highest BCUT2D eigenvalue weighted by Crippen LogP contribution is 2.34. The van der Waals surface area contributed by atoms with Gasteiger partial charge in [0.1, 0.15) is 0 Å². The average molecular weight is 430 g/mol. The van der Waals surface area contributed by atoms with E-state index in [0.29, 0.717) is 12.6 Å². The fourth-order valence-corrected chi connectivity index (χ4v) is 2.66. The number of benzene rings is 1. The number of hydrogen-bond donors (Lipinski definition) is 2. The van der Waals surface area contributed by atoms with Crippen LogP contribution in [0, 0.1) is 12.8 Å². The number of nitrogens with zero attached hydrogens (tertiary/aromatic N) is 2. The Kier molecular flexibility index (Phi) is 8.91. The molecule has 23 heavy (non-hydrogen) atoms. The molecular weight excluding hydrogens is 399 g/mol. The fraction of sp³-hybridized carbons (Fsp3) is 0.611. The average Bonchev–Trinajstić information content (AvgIpc) is 3.31. The molecule has 1 fully saturated rings. The number of nitrogens with one attached hydrogen (secondary N) is 2. The second kappa shape index (κ2) is 10.1. The summed E-state index contributed by atoms with van der Waals surface area (Å²) in [7, 11) is 4.34. The quantitative estimate of drug-likeness (QED) is 0.397. The van der Waals surface area contributed by atoms with E-state index >= 15 is 0 Å². The molecule has 0 saturated heterocycles. The van der Waals surface area contributed by atoms with Gasteiger partial charge in [0.05, 0.1) is 6.54 Å². The van der Waals surface area contributed by atoms with Crippen LogP contribution in [0.2, 0.25) is 0 Å². The number of halogens is 1. The second-order valence-corrected chi connectivity index (χ2v) is 6.43. The van der Waals surface area contributed by atoms with E-state index in [9.17, 15) is 0 Å². The van der Waals surface area contributed by atoms with Crippen molar-refractivity contribution in [3.05, 3.63) is 35.4 Å². The van der Waals surface area contributed by atoms with Crippen molar-refractivity contribution < 1.29 is 0 Å². The second-order valence-electron chi connectivity index (χ2n) is 6.43. The molecule has 0 radical (unpaired) electrons. The normalized spacial score (nSPS) is 16.0. The van der Waals surface area contributed by atoms with Crippen LogP contribution in [0.25, 0.3) is 0 Å². The van der Waals surface area contributed by atoms with Crippen molar-refractivity contribution >= 4 is 29.9 Å². The molecule has 130 valence electrons.